The van der Waals surface area contributed by atoms with Crippen LogP contribution in [0.2, 0.25) is 0 Å². The Morgan fingerprint density at radius 1 is 1.57 bits per heavy atom. The molecule has 74 valence electrons. The van der Waals surface area contributed by atoms with Crippen LogP contribution in [0.1, 0.15) is 18.5 Å². The molecule has 14 heavy (non-hydrogen) atoms. The lowest BCUT2D eigenvalue weighted by molar-refractivity contribution is -0.118. The summed E-state index contributed by atoms with van der Waals surface area (Å²) >= 11 is 0. The highest BCUT2D eigenvalue weighted by Crippen LogP contribution is 2.33. The summed E-state index contributed by atoms with van der Waals surface area (Å²) in [6.07, 6.45) is 1.54. The lowest BCUT2D eigenvalue weighted by Gasteiger charge is -2.09. The molecule has 3 N–H and O–H groups in total. The number of pyridine rings is 1. The van der Waals surface area contributed by atoms with E-state index in [1.54, 1.807) is 6.07 Å². The maximum atomic E-state index is 11.5. The zero-order valence-electron chi connectivity index (χ0n) is 8.08. The number of carbonyl (C=O) groups excluding carboxylic acids is 1. The fourth-order valence-electron chi connectivity index (χ4n) is 1.22. The number of hydrogen-bond donors (Lipinski definition) is 2. The van der Waals surface area contributed by atoms with Crippen LogP contribution in [0.3, 0.4) is 0 Å². The second kappa shape index (κ2) is 3.06. The molecule has 1 aromatic rings. The number of nitrogens with one attached hydrogen (secondary N) is 1. The Morgan fingerprint density at radius 3 is 2.86 bits per heavy atom. The van der Waals surface area contributed by atoms with Gasteiger partial charge >= 0.3 is 0 Å². The average molecular weight is 191 g/mol. The summed E-state index contributed by atoms with van der Waals surface area (Å²) < 4.78 is 0. The maximum Gasteiger partial charge on any atom is 0.245 e. The molecule has 0 bridgehead atoms. The first-order valence-corrected chi connectivity index (χ1v) is 4.64. The van der Waals surface area contributed by atoms with Gasteiger partial charge in [-0.15, -0.1) is 0 Å². The molecule has 0 aromatic carbocycles. The summed E-state index contributed by atoms with van der Waals surface area (Å²) in [7, 11) is 0. The summed E-state index contributed by atoms with van der Waals surface area (Å²) in [4.78, 5) is 15.7. The molecule has 0 unspecified atom stereocenters. The van der Waals surface area contributed by atoms with Crippen LogP contribution >= 0.6 is 0 Å². The fraction of sp³-hybridized carbons (Fsp3) is 0.400. The van der Waals surface area contributed by atoms with Crippen LogP contribution in [0.25, 0.3) is 0 Å². The topological polar surface area (TPSA) is 68.0 Å². The highest BCUT2D eigenvalue weighted by molar-refractivity contribution is 5.99. The van der Waals surface area contributed by atoms with E-state index in [1.165, 1.54) is 0 Å². The van der Waals surface area contributed by atoms with E-state index in [9.17, 15) is 4.79 Å². The number of aryl methyl sites for hydroxylation is 1. The second-order valence-corrected chi connectivity index (χ2v) is 3.77. The van der Waals surface area contributed by atoms with Crippen molar-refractivity contribution >= 4 is 11.7 Å². The van der Waals surface area contributed by atoms with Crippen LogP contribution in [0.15, 0.2) is 18.2 Å². The van der Waals surface area contributed by atoms with Gasteiger partial charge in [0.25, 0.3) is 0 Å². The number of carbonyl (C=O) groups is 1. The third-order valence-corrected chi connectivity index (χ3v) is 2.37. The van der Waals surface area contributed by atoms with Crippen LogP contribution in [-0.4, -0.2) is 16.4 Å². The summed E-state index contributed by atoms with van der Waals surface area (Å²) in [6, 6.07) is 5.50. The largest absolute Gasteiger partial charge is 0.317 e. The van der Waals surface area contributed by atoms with Crippen molar-refractivity contribution in [2.75, 3.05) is 5.32 Å². The van der Waals surface area contributed by atoms with E-state index >= 15 is 0 Å². The molecule has 0 aliphatic heterocycles. The Balaban J connectivity index is 2.07. The van der Waals surface area contributed by atoms with Crippen LogP contribution in [-0.2, 0) is 4.79 Å². The zero-order valence-corrected chi connectivity index (χ0v) is 8.08. The quantitative estimate of drug-likeness (QED) is 0.727. The molecule has 1 fully saturated rings. The fourth-order valence-corrected chi connectivity index (χ4v) is 1.22. The normalized spacial score (nSPS) is 17.6. The van der Waals surface area contributed by atoms with Gasteiger partial charge in [0, 0.05) is 5.69 Å². The Bertz CT molecular complexity index is 371. The molecule has 1 aliphatic carbocycles. The van der Waals surface area contributed by atoms with E-state index in [0.29, 0.717) is 5.82 Å². The third kappa shape index (κ3) is 1.75. The van der Waals surface area contributed by atoms with E-state index in [1.807, 2.05) is 19.1 Å². The van der Waals surface area contributed by atoms with Crippen molar-refractivity contribution in [2.45, 2.75) is 25.3 Å². The van der Waals surface area contributed by atoms with Crippen LogP contribution in [0, 0.1) is 6.92 Å². The molecule has 4 nitrogen and oxygen atoms in total. The van der Waals surface area contributed by atoms with E-state index in [0.717, 1.165) is 18.5 Å². The van der Waals surface area contributed by atoms with E-state index in [-0.39, 0.29) is 5.91 Å². The Kier molecular flexibility index (Phi) is 2.00. The molecule has 1 amide bonds. The molecule has 2 rings (SSSR count). The number of rotatable bonds is 2. The maximum absolute atomic E-state index is 11.5. The first-order valence-electron chi connectivity index (χ1n) is 4.64. The molecule has 1 aliphatic rings. The Hall–Kier alpha value is -1.42. The molecule has 0 radical (unpaired) electrons. The Labute approximate surface area is 82.5 Å². The molecule has 4 heteroatoms. The minimum absolute atomic E-state index is 0.129. The molecular formula is C10H13N3O. The van der Waals surface area contributed by atoms with Gasteiger partial charge < -0.3 is 11.1 Å². The lowest BCUT2D eigenvalue weighted by Crippen LogP contribution is -2.38. The minimum atomic E-state index is -0.634. The molecule has 1 saturated carbocycles. The van der Waals surface area contributed by atoms with Crippen molar-refractivity contribution < 1.29 is 4.79 Å². The van der Waals surface area contributed by atoms with Crippen LogP contribution in [0.4, 0.5) is 5.82 Å². The summed E-state index contributed by atoms with van der Waals surface area (Å²) in [5.74, 6) is 0.447. The van der Waals surface area contributed by atoms with Gasteiger partial charge in [-0.05, 0) is 31.9 Å². The molecule has 0 spiro atoms. The van der Waals surface area contributed by atoms with Crippen molar-refractivity contribution in [2.24, 2.45) is 5.73 Å². The number of aromatic nitrogens is 1. The second-order valence-electron chi connectivity index (χ2n) is 3.77. The van der Waals surface area contributed by atoms with Gasteiger partial charge in [0.2, 0.25) is 5.91 Å². The van der Waals surface area contributed by atoms with Crippen molar-refractivity contribution in [3.63, 3.8) is 0 Å². The van der Waals surface area contributed by atoms with Gasteiger partial charge in [-0.3, -0.25) is 4.79 Å². The zero-order chi connectivity index (χ0) is 10.2. The molecule has 1 heterocycles. The standard InChI is InChI=1S/C10H13N3O/c1-7-3-2-4-8(12-7)13-9(14)10(11)5-6-10/h2-4H,5-6,11H2,1H3,(H,12,13,14). The minimum Gasteiger partial charge on any atom is -0.317 e. The third-order valence-electron chi connectivity index (χ3n) is 2.37. The van der Waals surface area contributed by atoms with Crippen LogP contribution in [0.5, 0.6) is 0 Å². The average Bonchev–Trinajstić information content (AvgIpc) is 2.85. The SMILES string of the molecule is Cc1cccc(NC(=O)C2(N)CC2)n1. The van der Waals surface area contributed by atoms with Crippen molar-refractivity contribution in [1.82, 2.24) is 4.98 Å². The van der Waals surface area contributed by atoms with Gasteiger partial charge in [0.15, 0.2) is 0 Å². The van der Waals surface area contributed by atoms with Gasteiger partial charge in [-0.2, -0.15) is 0 Å². The van der Waals surface area contributed by atoms with Crippen molar-refractivity contribution in [1.29, 1.82) is 0 Å². The summed E-state index contributed by atoms with van der Waals surface area (Å²) in [5, 5.41) is 2.71. The number of anilines is 1. The lowest BCUT2D eigenvalue weighted by atomic mass is 10.2. The van der Waals surface area contributed by atoms with Gasteiger partial charge in [0.1, 0.15) is 5.82 Å². The van der Waals surface area contributed by atoms with Crippen LogP contribution < -0.4 is 11.1 Å². The Morgan fingerprint density at radius 2 is 2.29 bits per heavy atom. The predicted molar refractivity (Wildman–Crippen MR) is 53.8 cm³/mol. The van der Waals surface area contributed by atoms with Crippen molar-refractivity contribution in [3.05, 3.63) is 23.9 Å². The highest BCUT2D eigenvalue weighted by atomic mass is 16.2. The van der Waals surface area contributed by atoms with Crippen molar-refractivity contribution in [3.8, 4) is 0 Å². The summed E-state index contributed by atoms with van der Waals surface area (Å²) in [6.45, 7) is 1.88. The summed E-state index contributed by atoms with van der Waals surface area (Å²) in [5.41, 5.74) is 5.98. The molecular weight excluding hydrogens is 178 g/mol. The molecule has 0 saturated heterocycles. The number of amides is 1. The van der Waals surface area contributed by atoms with E-state index < -0.39 is 5.54 Å². The van der Waals surface area contributed by atoms with Gasteiger partial charge in [0.05, 0.1) is 5.54 Å². The first kappa shape index (κ1) is 9.15. The van der Waals surface area contributed by atoms with Gasteiger partial charge in [-0.1, -0.05) is 6.07 Å². The number of nitrogens with zero attached hydrogens (tertiary/aromatic N) is 1. The predicted octanol–water partition coefficient (Wildman–Crippen LogP) is 0.820. The molecule has 0 atom stereocenters. The number of nitrogens with two attached hydrogens (primary N) is 1. The first-order chi connectivity index (χ1) is 6.60. The number of hydrogen-bond acceptors (Lipinski definition) is 3. The van der Waals surface area contributed by atoms with Gasteiger partial charge in [-0.25, -0.2) is 4.98 Å². The smallest absolute Gasteiger partial charge is 0.245 e. The van der Waals surface area contributed by atoms with E-state index in [4.69, 9.17) is 5.73 Å². The van der Waals surface area contributed by atoms with E-state index in [2.05, 4.69) is 10.3 Å². The monoisotopic (exact) mass is 191 g/mol. The highest BCUT2D eigenvalue weighted by Gasteiger charge is 2.46. The molecule has 1 aromatic heterocycles.